The number of para-hydroxylation sites is 1. The molecule has 24 heavy (non-hydrogen) atoms. The van der Waals surface area contributed by atoms with Crippen LogP contribution in [-0.2, 0) is 4.79 Å². The molecule has 0 radical (unpaired) electrons. The third-order valence-electron chi connectivity index (χ3n) is 3.52. The van der Waals surface area contributed by atoms with Crippen LogP contribution >= 0.6 is 0 Å². The summed E-state index contributed by atoms with van der Waals surface area (Å²) in [6.07, 6.45) is 0.340. The average Bonchev–Trinajstić information content (AvgIpc) is 2.58. The minimum Gasteiger partial charge on any atom is -0.326 e. The second-order valence-corrected chi connectivity index (χ2v) is 5.11. The summed E-state index contributed by atoms with van der Waals surface area (Å²) in [4.78, 5) is 34.3. The molecule has 0 saturated carbocycles. The van der Waals surface area contributed by atoms with E-state index in [-0.39, 0.29) is 17.2 Å². The summed E-state index contributed by atoms with van der Waals surface area (Å²) in [7, 11) is 0. The van der Waals surface area contributed by atoms with Crippen LogP contribution in [0.15, 0.2) is 42.5 Å². The van der Waals surface area contributed by atoms with Gasteiger partial charge in [0, 0.05) is 23.9 Å². The van der Waals surface area contributed by atoms with E-state index in [0.29, 0.717) is 23.4 Å². The molecular weight excluding hydrogens is 310 g/mol. The Morgan fingerprint density at radius 1 is 1.04 bits per heavy atom. The van der Waals surface area contributed by atoms with Crippen molar-refractivity contribution in [2.24, 2.45) is 0 Å². The fourth-order valence-corrected chi connectivity index (χ4v) is 2.16. The maximum absolute atomic E-state index is 12.4. The molecular formula is C17H17N3O4. The Morgan fingerprint density at radius 2 is 1.67 bits per heavy atom. The topological polar surface area (TPSA) is 101 Å². The largest absolute Gasteiger partial charge is 0.326 e. The summed E-state index contributed by atoms with van der Waals surface area (Å²) >= 11 is 0. The highest BCUT2D eigenvalue weighted by atomic mass is 16.6. The summed E-state index contributed by atoms with van der Waals surface area (Å²) < 4.78 is 0. The lowest BCUT2D eigenvalue weighted by Gasteiger charge is -2.13. The second kappa shape index (κ2) is 7.36. The number of hydrogen-bond acceptors (Lipinski definition) is 4. The van der Waals surface area contributed by atoms with E-state index in [4.69, 9.17) is 0 Å². The van der Waals surface area contributed by atoms with E-state index in [0.717, 1.165) is 0 Å². The molecule has 0 bridgehead atoms. The van der Waals surface area contributed by atoms with E-state index in [9.17, 15) is 19.7 Å². The van der Waals surface area contributed by atoms with E-state index >= 15 is 0 Å². The van der Waals surface area contributed by atoms with Gasteiger partial charge in [-0.25, -0.2) is 0 Å². The highest BCUT2D eigenvalue weighted by molar-refractivity contribution is 6.07. The molecule has 0 aromatic heterocycles. The van der Waals surface area contributed by atoms with Gasteiger partial charge >= 0.3 is 0 Å². The number of carbonyl (C=O) groups excluding carboxylic acids is 2. The minimum absolute atomic E-state index is 0.0232. The molecule has 7 nitrogen and oxygen atoms in total. The zero-order valence-corrected chi connectivity index (χ0v) is 13.3. The third-order valence-corrected chi connectivity index (χ3v) is 3.52. The summed E-state index contributed by atoms with van der Waals surface area (Å²) in [5, 5.41) is 16.4. The molecule has 2 aromatic carbocycles. The number of benzene rings is 2. The molecule has 0 unspecified atom stereocenters. The molecule has 124 valence electrons. The number of nitro benzene ring substituents is 1. The standard InChI is InChI=1S/C17H17N3O4/c1-3-16(21)18-13-8-6-9-14(11(13)2)19-17(22)12-7-4-5-10-15(12)20(23)24/h4-10H,3H2,1-2H3,(H,18,21)(H,19,22). The molecule has 0 atom stereocenters. The quantitative estimate of drug-likeness (QED) is 0.648. The maximum Gasteiger partial charge on any atom is 0.282 e. The smallest absolute Gasteiger partial charge is 0.282 e. The van der Waals surface area contributed by atoms with Crippen LogP contribution < -0.4 is 10.6 Å². The van der Waals surface area contributed by atoms with Gasteiger partial charge < -0.3 is 10.6 Å². The van der Waals surface area contributed by atoms with Crippen molar-refractivity contribution in [2.75, 3.05) is 10.6 Å². The van der Waals surface area contributed by atoms with Gasteiger partial charge in [0.25, 0.3) is 11.6 Å². The van der Waals surface area contributed by atoms with Crippen molar-refractivity contribution in [2.45, 2.75) is 20.3 Å². The van der Waals surface area contributed by atoms with Crippen LogP contribution in [0.1, 0.15) is 29.3 Å². The Morgan fingerprint density at radius 3 is 2.29 bits per heavy atom. The van der Waals surface area contributed by atoms with Gasteiger partial charge in [-0.1, -0.05) is 25.1 Å². The van der Waals surface area contributed by atoms with Gasteiger partial charge in [0.2, 0.25) is 5.91 Å². The number of anilines is 2. The number of amides is 2. The minimum atomic E-state index is -0.598. The van der Waals surface area contributed by atoms with Crippen LogP contribution in [0.5, 0.6) is 0 Å². The van der Waals surface area contributed by atoms with Crippen LogP contribution in [-0.4, -0.2) is 16.7 Å². The normalized spacial score (nSPS) is 10.1. The number of nitrogens with one attached hydrogen (secondary N) is 2. The van der Waals surface area contributed by atoms with Crippen molar-refractivity contribution in [3.8, 4) is 0 Å². The highest BCUT2D eigenvalue weighted by Crippen LogP contribution is 2.25. The predicted molar refractivity (Wildman–Crippen MR) is 91.1 cm³/mol. The number of nitrogens with zero attached hydrogens (tertiary/aromatic N) is 1. The summed E-state index contributed by atoms with van der Waals surface area (Å²) in [5.41, 5.74) is 1.45. The van der Waals surface area contributed by atoms with Crippen molar-refractivity contribution in [1.29, 1.82) is 0 Å². The van der Waals surface area contributed by atoms with Gasteiger partial charge in [-0.05, 0) is 30.7 Å². The van der Waals surface area contributed by atoms with Crippen molar-refractivity contribution in [3.05, 3.63) is 63.7 Å². The average molecular weight is 327 g/mol. The van der Waals surface area contributed by atoms with Crippen LogP contribution in [0.25, 0.3) is 0 Å². The van der Waals surface area contributed by atoms with E-state index in [1.165, 1.54) is 18.2 Å². The molecule has 2 amide bonds. The first kappa shape index (κ1) is 17.1. The van der Waals surface area contributed by atoms with Gasteiger partial charge in [0.05, 0.1) is 4.92 Å². The van der Waals surface area contributed by atoms with Crippen LogP contribution in [0.4, 0.5) is 17.1 Å². The first-order valence-corrected chi connectivity index (χ1v) is 7.38. The Kier molecular flexibility index (Phi) is 5.26. The summed E-state index contributed by atoms with van der Waals surface area (Å²) in [6.45, 7) is 3.49. The molecule has 2 aromatic rings. The molecule has 0 fully saturated rings. The van der Waals surface area contributed by atoms with E-state index in [1.54, 1.807) is 38.1 Å². The Balaban J connectivity index is 2.29. The molecule has 0 saturated heterocycles. The number of hydrogen-bond donors (Lipinski definition) is 2. The lowest BCUT2D eigenvalue weighted by atomic mass is 10.1. The Hall–Kier alpha value is -3.22. The van der Waals surface area contributed by atoms with Crippen LogP contribution in [0.3, 0.4) is 0 Å². The van der Waals surface area contributed by atoms with Crippen molar-refractivity contribution >= 4 is 28.9 Å². The monoisotopic (exact) mass is 327 g/mol. The molecule has 0 aliphatic heterocycles. The molecule has 7 heteroatoms. The van der Waals surface area contributed by atoms with Gasteiger partial charge in [-0.2, -0.15) is 0 Å². The zero-order chi connectivity index (χ0) is 17.7. The van der Waals surface area contributed by atoms with Gasteiger partial charge in [-0.3, -0.25) is 19.7 Å². The van der Waals surface area contributed by atoms with Crippen LogP contribution in [0, 0.1) is 17.0 Å². The first-order chi connectivity index (χ1) is 11.4. The summed E-state index contributed by atoms with van der Waals surface area (Å²) in [5.74, 6) is -0.718. The molecule has 0 spiro atoms. The molecule has 2 N–H and O–H groups in total. The third kappa shape index (κ3) is 3.75. The fourth-order valence-electron chi connectivity index (χ4n) is 2.16. The Labute approximate surface area is 138 Å². The van der Waals surface area contributed by atoms with E-state index in [1.807, 2.05) is 0 Å². The van der Waals surface area contributed by atoms with Gasteiger partial charge in [0.1, 0.15) is 5.56 Å². The van der Waals surface area contributed by atoms with Crippen LogP contribution in [0.2, 0.25) is 0 Å². The number of nitro groups is 1. The van der Waals surface area contributed by atoms with Crippen molar-refractivity contribution in [3.63, 3.8) is 0 Å². The first-order valence-electron chi connectivity index (χ1n) is 7.38. The zero-order valence-electron chi connectivity index (χ0n) is 13.3. The maximum atomic E-state index is 12.4. The lowest BCUT2D eigenvalue weighted by molar-refractivity contribution is -0.385. The number of rotatable bonds is 5. The summed E-state index contributed by atoms with van der Waals surface area (Å²) in [6, 6.07) is 10.8. The fraction of sp³-hybridized carbons (Fsp3) is 0.176. The Bertz CT molecular complexity index is 802. The molecule has 2 rings (SSSR count). The lowest BCUT2D eigenvalue weighted by Crippen LogP contribution is -2.16. The molecule has 0 aliphatic rings. The molecule has 0 aliphatic carbocycles. The number of carbonyl (C=O) groups is 2. The predicted octanol–water partition coefficient (Wildman–Crippen LogP) is 3.50. The van der Waals surface area contributed by atoms with Crippen molar-refractivity contribution < 1.29 is 14.5 Å². The van der Waals surface area contributed by atoms with E-state index < -0.39 is 10.8 Å². The molecule has 0 heterocycles. The highest BCUT2D eigenvalue weighted by Gasteiger charge is 2.20. The van der Waals surface area contributed by atoms with Gasteiger partial charge in [0.15, 0.2) is 0 Å². The second-order valence-electron chi connectivity index (χ2n) is 5.11. The van der Waals surface area contributed by atoms with Gasteiger partial charge in [-0.15, -0.1) is 0 Å². The van der Waals surface area contributed by atoms with E-state index in [2.05, 4.69) is 10.6 Å². The SMILES string of the molecule is CCC(=O)Nc1cccc(NC(=O)c2ccccc2[N+](=O)[O-])c1C. The van der Waals surface area contributed by atoms with Crippen molar-refractivity contribution in [1.82, 2.24) is 0 Å².